The van der Waals surface area contributed by atoms with Gasteiger partial charge in [0, 0.05) is 5.69 Å². The molecule has 0 aliphatic rings. The van der Waals surface area contributed by atoms with Crippen LogP contribution in [0.5, 0.6) is 0 Å². The average molecular weight is 274 g/mol. The number of carbonyl (C=O) groups excluding carboxylic acids is 1. The summed E-state index contributed by atoms with van der Waals surface area (Å²) < 4.78 is 0. The lowest BCUT2D eigenvalue weighted by Crippen LogP contribution is -1.97. The first-order chi connectivity index (χ1) is 8.61. The number of aromatic nitrogens is 1. The van der Waals surface area contributed by atoms with Crippen LogP contribution >= 0.6 is 23.1 Å². The first-order valence-electron chi connectivity index (χ1n) is 5.26. The highest BCUT2D eigenvalue weighted by molar-refractivity contribution is 8.14. The second-order valence-electron chi connectivity index (χ2n) is 3.74. The molecule has 0 saturated carbocycles. The average Bonchev–Trinajstić information content (AvgIpc) is 2.81. The van der Waals surface area contributed by atoms with Crippen LogP contribution in [0.4, 0.5) is 0 Å². The topological polar surface area (TPSA) is 53.8 Å². The summed E-state index contributed by atoms with van der Waals surface area (Å²) in [6, 6.07) is 7.56. The van der Waals surface area contributed by atoms with Gasteiger partial charge in [-0.25, -0.2) is 4.98 Å². The van der Waals surface area contributed by atoms with E-state index in [2.05, 4.69) is 11.1 Å². The van der Waals surface area contributed by atoms with E-state index < -0.39 is 0 Å². The van der Waals surface area contributed by atoms with Crippen molar-refractivity contribution in [3.05, 3.63) is 45.3 Å². The van der Waals surface area contributed by atoms with E-state index in [-0.39, 0.29) is 5.12 Å². The van der Waals surface area contributed by atoms with E-state index in [0.29, 0.717) is 15.5 Å². The molecule has 0 aromatic carbocycles. The van der Waals surface area contributed by atoms with Crippen LogP contribution in [0.3, 0.4) is 0 Å². The summed E-state index contributed by atoms with van der Waals surface area (Å²) in [5, 5.41) is 11.4. The van der Waals surface area contributed by atoms with Gasteiger partial charge < -0.3 is 0 Å². The smallest absolute Gasteiger partial charge is 0.235 e. The third-order valence-electron chi connectivity index (χ3n) is 2.34. The minimum atomic E-state index is -0.0704. The highest BCUT2D eigenvalue weighted by Gasteiger charge is 2.15. The van der Waals surface area contributed by atoms with E-state index in [4.69, 9.17) is 5.26 Å². The first kappa shape index (κ1) is 12.8. The fourth-order valence-electron chi connectivity index (χ4n) is 1.55. The molecular weight excluding hydrogens is 264 g/mol. The first-order valence-corrected chi connectivity index (χ1v) is 6.95. The normalized spacial score (nSPS) is 10.1. The predicted molar refractivity (Wildman–Crippen MR) is 72.9 cm³/mol. The molecule has 18 heavy (non-hydrogen) atoms. The molecule has 0 atom stereocenters. The van der Waals surface area contributed by atoms with Gasteiger partial charge in [-0.15, -0.1) is 11.3 Å². The number of hydrogen-bond donors (Lipinski definition) is 0. The minimum Gasteiger partial charge on any atom is -0.280 e. The second-order valence-corrected chi connectivity index (χ2v) is 5.65. The summed E-state index contributed by atoms with van der Waals surface area (Å²) in [7, 11) is 0. The van der Waals surface area contributed by atoms with Crippen LogP contribution in [0.1, 0.15) is 26.5 Å². The molecule has 0 amide bonds. The van der Waals surface area contributed by atoms with Gasteiger partial charge in [0.05, 0.1) is 10.4 Å². The van der Waals surface area contributed by atoms with Crippen LogP contribution in [-0.4, -0.2) is 10.1 Å². The lowest BCUT2D eigenvalue weighted by molar-refractivity contribution is 0.109. The molecule has 5 heteroatoms. The standard InChI is InChI=1S/C13H10N2OS2/c1-8-6-9(2)15-12(10(8)7-14)18-13(16)11-4-3-5-17-11/h3-6H,1-2H3. The van der Waals surface area contributed by atoms with Gasteiger partial charge in [0.2, 0.25) is 5.12 Å². The molecule has 90 valence electrons. The zero-order valence-corrected chi connectivity index (χ0v) is 11.6. The third-order valence-corrected chi connectivity index (χ3v) is 4.23. The summed E-state index contributed by atoms with van der Waals surface area (Å²) in [6.45, 7) is 3.71. The fraction of sp³-hybridized carbons (Fsp3) is 0.154. The Morgan fingerprint density at radius 3 is 2.89 bits per heavy atom. The van der Waals surface area contributed by atoms with Crippen molar-refractivity contribution in [3.63, 3.8) is 0 Å². The highest BCUT2D eigenvalue weighted by atomic mass is 32.2. The number of rotatable bonds is 2. The predicted octanol–water partition coefficient (Wildman–Crippen LogP) is 3.56. The van der Waals surface area contributed by atoms with Gasteiger partial charge in [0.1, 0.15) is 11.1 Å². The Morgan fingerprint density at radius 2 is 2.28 bits per heavy atom. The van der Waals surface area contributed by atoms with Crippen molar-refractivity contribution in [1.82, 2.24) is 4.98 Å². The van der Waals surface area contributed by atoms with Gasteiger partial charge in [0.15, 0.2) is 0 Å². The van der Waals surface area contributed by atoms with E-state index in [1.807, 2.05) is 31.4 Å². The Hall–Kier alpha value is -1.64. The number of aryl methyl sites for hydroxylation is 2. The number of thiophene rings is 1. The highest BCUT2D eigenvalue weighted by Crippen LogP contribution is 2.28. The Morgan fingerprint density at radius 1 is 1.50 bits per heavy atom. The molecule has 2 aromatic rings. The monoisotopic (exact) mass is 274 g/mol. The van der Waals surface area contributed by atoms with Crippen molar-refractivity contribution in [1.29, 1.82) is 5.26 Å². The molecule has 0 N–H and O–H groups in total. The van der Waals surface area contributed by atoms with E-state index >= 15 is 0 Å². The molecule has 0 radical (unpaired) electrons. The molecule has 0 fully saturated rings. The molecule has 0 spiro atoms. The fourth-order valence-corrected chi connectivity index (χ4v) is 3.21. The molecule has 3 nitrogen and oxygen atoms in total. The molecule has 2 rings (SSSR count). The lowest BCUT2D eigenvalue weighted by Gasteiger charge is -2.05. The van der Waals surface area contributed by atoms with E-state index in [9.17, 15) is 4.79 Å². The molecule has 2 aromatic heterocycles. The number of nitriles is 1. The van der Waals surface area contributed by atoms with Crippen LogP contribution in [0.25, 0.3) is 0 Å². The van der Waals surface area contributed by atoms with Gasteiger partial charge >= 0.3 is 0 Å². The minimum absolute atomic E-state index is 0.0704. The Kier molecular flexibility index (Phi) is 3.80. The Labute approximate surface area is 113 Å². The molecule has 0 aliphatic heterocycles. The molecule has 0 unspecified atom stereocenters. The molecule has 0 bridgehead atoms. The van der Waals surface area contributed by atoms with Crippen molar-refractivity contribution >= 4 is 28.2 Å². The Balaban J connectivity index is 2.35. The number of hydrogen-bond acceptors (Lipinski definition) is 5. The van der Waals surface area contributed by atoms with Crippen LogP contribution < -0.4 is 0 Å². The molecule has 2 heterocycles. The summed E-state index contributed by atoms with van der Waals surface area (Å²) in [5.41, 5.74) is 2.15. The lowest BCUT2D eigenvalue weighted by atomic mass is 10.1. The maximum atomic E-state index is 12.0. The van der Waals surface area contributed by atoms with Crippen LogP contribution in [-0.2, 0) is 0 Å². The van der Waals surface area contributed by atoms with Gasteiger partial charge in [-0.2, -0.15) is 5.26 Å². The zero-order valence-electron chi connectivity index (χ0n) is 9.93. The van der Waals surface area contributed by atoms with Crippen molar-refractivity contribution in [2.45, 2.75) is 18.9 Å². The third kappa shape index (κ3) is 2.61. The SMILES string of the molecule is Cc1cc(C)c(C#N)c(SC(=O)c2cccs2)n1. The van der Waals surface area contributed by atoms with Crippen LogP contribution in [0, 0.1) is 25.2 Å². The van der Waals surface area contributed by atoms with Crippen LogP contribution in [0.2, 0.25) is 0 Å². The summed E-state index contributed by atoms with van der Waals surface area (Å²) in [6.07, 6.45) is 0. The van der Waals surface area contributed by atoms with Gasteiger partial charge in [-0.3, -0.25) is 4.79 Å². The summed E-state index contributed by atoms with van der Waals surface area (Å²) in [5.74, 6) is 0. The molecule has 0 saturated heterocycles. The summed E-state index contributed by atoms with van der Waals surface area (Å²) in [4.78, 5) is 16.9. The van der Waals surface area contributed by atoms with Gasteiger partial charge in [-0.05, 0) is 48.7 Å². The van der Waals surface area contributed by atoms with E-state index in [0.717, 1.165) is 23.0 Å². The zero-order chi connectivity index (χ0) is 13.1. The van der Waals surface area contributed by atoms with E-state index in [1.165, 1.54) is 11.3 Å². The van der Waals surface area contributed by atoms with Gasteiger partial charge in [0.25, 0.3) is 0 Å². The number of pyridine rings is 1. The van der Waals surface area contributed by atoms with Crippen LogP contribution in [0.15, 0.2) is 28.6 Å². The Bertz CT molecular complexity index is 627. The largest absolute Gasteiger partial charge is 0.280 e. The van der Waals surface area contributed by atoms with E-state index in [1.54, 1.807) is 6.07 Å². The summed E-state index contributed by atoms with van der Waals surface area (Å²) >= 11 is 2.41. The van der Waals surface area contributed by atoms with Crippen molar-refractivity contribution in [2.24, 2.45) is 0 Å². The van der Waals surface area contributed by atoms with Crippen molar-refractivity contribution < 1.29 is 4.79 Å². The van der Waals surface area contributed by atoms with Crippen molar-refractivity contribution in [2.75, 3.05) is 0 Å². The number of thioether (sulfide) groups is 1. The maximum absolute atomic E-state index is 12.0. The quantitative estimate of drug-likeness (QED) is 0.786. The van der Waals surface area contributed by atoms with Gasteiger partial charge in [-0.1, -0.05) is 6.07 Å². The number of nitrogens with zero attached hydrogens (tertiary/aromatic N) is 2. The molecule has 0 aliphatic carbocycles. The second kappa shape index (κ2) is 5.34. The molecular formula is C13H10N2OS2. The maximum Gasteiger partial charge on any atom is 0.235 e. The number of carbonyl (C=O) groups is 1. The van der Waals surface area contributed by atoms with Crippen molar-refractivity contribution in [3.8, 4) is 6.07 Å².